The summed E-state index contributed by atoms with van der Waals surface area (Å²) < 4.78 is 1.15. The van der Waals surface area contributed by atoms with Gasteiger partial charge in [-0.05, 0) is 38.0 Å². The largest absolute Gasteiger partial charge is 0.349 e. The first-order valence-corrected chi connectivity index (χ1v) is 7.72. The van der Waals surface area contributed by atoms with Crippen LogP contribution < -0.4 is 5.32 Å². The minimum Gasteiger partial charge on any atom is -0.349 e. The number of hydrogen-bond acceptors (Lipinski definition) is 3. The number of hydrogen-bond donors (Lipinski definition) is 1. The van der Waals surface area contributed by atoms with Gasteiger partial charge in [0.05, 0.1) is 15.2 Å². The van der Waals surface area contributed by atoms with Crippen LogP contribution in [-0.4, -0.2) is 16.9 Å². The van der Waals surface area contributed by atoms with Crippen LogP contribution in [0.4, 0.5) is 0 Å². The molecule has 1 aromatic heterocycles. The van der Waals surface area contributed by atoms with Gasteiger partial charge < -0.3 is 5.32 Å². The van der Waals surface area contributed by atoms with Crippen molar-refractivity contribution in [1.29, 1.82) is 0 Å². The van der Waals surface area contributed by atoms with E-state index in [0.29, 0.717) is 6.04 Å². The van der Waals surface area contributed by atoms with Gasteiger partial charge in [-0.15, -0.1) is 11.3 Å². The topological polar surface area (TPSA) is 42.0 Å². The lowest BCUT2D eigenvalue weighted by atomic mass is 9.95. The van der Waals surface area contributed by atoms with Crippen molar-refractivity contribution in [2.24, 2.45) is 0 Å². The molecule has 0 aliphatic heterocycles. The first-order chi connectivity index (χ1) is 9.22. The summed E-state index contributed by atoms with van der Waals surface area (Å²) in [4.78, 5) is 16.7. The number of carbonyl (C=O) groups excluding carboxylic acids is 1. The Morgan fingerprint density at radius 3 is 2.89 bits per heavy atom. The van der Waals surface area contributed by atoms with Gasteiger partial charge in [0.25, 0.3) is 5.91 Å². The first-order valence-electron chi connectivity index (χ1n) is 6.90. The molecular formula is C15H18N2OS. The van der Waals surface area contributed by atoms with Crippen LogP contribution in [0.1, 0.15) is 47.5 Å². The van der Waals surface area contributed by atoms with E-state index in [2.05, 4.69) is 10.3 Å². The monoisotopic (exact) mass is 274 g/mol. The van der Waals surface area contributed by atoms with E-state index in [4.69, 9.17) is 0 Å². The lowest BCUT2D eigenvalue weighted by molar-refractivity contribution is 0.0928. The normalized spacial score (nSPS) is 16.7. The van der Waals surface area contributed by atoms with Crippen molar-refractivity contribution < 1.29 is 4.79 Å². The van der Waals surface area contributed by atoms with Crippen molar-refractivity contribution in [3.8, 4) is 0 Å². The van der Waals surface area contributed by atoms with Crippen molar-refractivity contribution in [3.63, 3.8) is 0 Å². The zero-order chi connectivity index (χ0) is 13.2. The van der Waals surface area contributed by atoms with Crippen molar-refractivity contribution in [1.82, 2.24) is 10.3 Å². The summed E-state index contributed by atoms with van der Waals surface area (Å²) in [5.74, 6) is 0.0412. The smallest absolute Gasteiger partial charge is 0.251 e. The molecule has 0 atom stereocenters. The third-order valence-electron chi connectivity index (χ3n) is 3.70. The van der Waals surface area contributed by atoms with Crippen LogP contribution in [0.15, 0.2) is 18.2 Å². The molecule has 1 amide bonds. The van der Waals surface area contributed by atoms with Crippen LogP contribution in [-0.2, 0) is 0 Å². The Morgan fingerprint density at radius 2 is 2.11 bits per heavy atom. The molecule has 100 valence electrons. The number of aryl methyl sites for hydroxylation is 1. The van der Waals surface area contributed by atoms with Crippen molar-refractivity contribution in [2.75, 3.05) is 0 Å². The highest BCUT2D eigenvalue weighted by atomic mass is 32.1. The summed E-state index contributed by atoms with van der Waals surface area (Å²) in [7, 11) is 0. The number of nitrogens with one attached hydrogen (secondary N) is 1. The Labute approximate surface area is 117 Å². The summed E-state index contributed by atoms with van der Waals surface area (Å²) in [5.41, 5.74) is 1.65. The number of rotatable bonds is 2. The number of thiazole rings is 1. The Morgan fingerprint density at radius 1 is 1.32 bits per heavy atom. The van der Waals surface area contributed by atoms with Crippen LogP contribution >= 0.6 is 11.3 Å². The fourth-order valence-electron chi connectivity index (χ4n) is 2.70. The maximum absolute atomic E-state index is 12.2. The third-order valence-corrected chi connectivity index (χ3v) is 4.65. The van der Waals surface area contributed by atoms with Crippen LogP contribution in [0.3, 0.4) is 0 Å². The average Bonchev–Trinajstić information content (AvgIpc) is 2.78. The van der Waals surface area contributed by atoms with Crippen LogP contribution in [0.5, 0.6) is 0 Å². The van der Waals surface area contributed by atoms with E-state index in [1.54, 1.807) is 11.3 Å². The molecule has 0 radical (unpaired) electrons. The maximum Gasteiger partial charge on any atom is 0.251 e. The fraction of sp³-hybridized carbons (Fsp3) is 0.467. The van der Waals surface area contributed by atoms with E-state index >= 15 is 0 Å². The molecule has 3 rings (SSSR count). The molecule has 0 saturated heterocycles. The minimum absolute atomic E-state index is 0.0412. The summed E-state index contributed by atoms with van der Waals surface area (Å²) >= 11 is 1.67. The predicted molar refractivity (Wildman–Crippen MR) is 78.7 cm³/mol. The Hall–Kier alpha value is -1.42. The minimum atomic E-state index is 0.0412. The second-order valence-corrected chi connectivity index (χ2v) is 6.46. The van der Waals surface area contributed by atoms with Gasteiger partial charge in [0.1, 0.15) is 0 Å². The molecule has 1 fully saturated rings. The van der Waals surface area contributed by atoms with Crippen LogP contribution in [0, 0.1) is 6.92 Å². The molecule has 1 heterocycles. The Kier molecular flexibility index (Phi) is 3.51. The molecule has 2 aromatic rings. The van der Waals surface area contributed by atoms with E-state index in [-0.39, 0.29) is 5.91 Å². The predicted octanol–water partition coefficient (Wildman–Crippen LogP) is 3.67. The van der Waals surface area contributed by atoms with E-state index in [1.807, 2.05) is 25.1 Å². The van der Waals surface area contributed by atoms with Gasteiger partial charge in [0.15, 0.2) is 0 Å². The second kappa shape index (κ2) is 5.29. The number of fused-ring (bicyclic) bond motifs is 1. The molecule has 3 nitrogen and oxygen atoms in total. The number of benzene rings is 1. The number of carbonyl (C=O) groups is 1. The quantitative estimate of drug-likeness (QED) is 0.908. The molecule has 0 bridgehead atoms. The number of aromatic nitrogens is 1. The molecule has 1 aliphatic rings. The molecule has 1 N–H and O–H groups in total. The molecule has 0 unspecified atom stereocenters. The standard InChI is InChI=1S/C15H18N2OS/c1-10-16-13-9-11(7-8-14(13)19-10)15(18)17-12-5-3-2-4-6-12/h7-9,12H,2-6H2,1H3,(H,17,18). The van der Waals surface area contributed by atoms with Gasteiger partial charge in [0.2, 0.25) is 0 Å². The lowest BCUT2D eigenvalue weighted by Crippen LogP contribution is -2.36. The highest BCUT2D eigenvalue weighted by Gasteiger charge is 2.17. The van der Waals surface area contributed by atoms with Crippen molar-refractivity contribution >= 4 is 27.5 Å². The van der Waals surface area contributed by atoms with Gasteiger partial charge in [-0.2, -0.15) is 0 Å². The van der Waals surface area contributed by atoms with E-state index < -0.39 is 0 Å². The van der Waals surface area contributed by atoms with Gasteiger partial charge >= 0.3 is 0 Å². The van der Waals surface area contributed by atoms with Crippen molar-refractivity contribution in [3.05, 3.63) is 28.8 Å². The van der Waals surface area contributed by atoms with Gasteiger partial charge in [-0.3, -0.25) is 4.79 Å². The summed E-state index contributed by atoms with van der Waals surface area (Å²) in [6.45, 7) is 1.99. The molecule has 0 spiro atoms. The zero-order valence-electron chi connectivity index (χ0n) is 11.1. The Bertz CT molecular complexity index is 599. The highest BCUT2D eigenvalue weighted by Crippen LogP contribution is 2.23. The summed E-state index contributed by atoms with van der Waals surface area (Å²) in [6, 6.07) is 6.15. The lowest BCUT2D eigenvalue weighted by Gasteiger charge is -2.22. The van der Waals surface area contributed by atoms with E-state index in [1.165, 1.54) is 19.3 Å². The number of amides is 1. The third kappa shape index (κ3) is 2.78. The van der Waals surface area contributed by atoms with E-state index in [9.17, 15) is 4.79 Å². The van der Waals surface area contributed by atoms with Crippen LogP contribution in [0.25, 0.3) is 10.2 Å². The zero-order valence-corrected chi connectivity index (χ0v) is 11.9. The second-order valence-electron chi connectivity index (χ2n) is 5.22. The van der Waals surface area contributed by atoms with E-state index in [0.717, 1.165) is 33.6 Å². The summed E-state index contributed by atoms with van der Waals surface area (Å²) in [5, 5.41) is 4.18. The van der Waals surface area contributed by atoms with Gasteiger partial charge in [-0.1, -0.05) is 19.3 Å². The first kappa shape index (κ1) is 12.6. The average molecular weight is 274 g/mol. The molecule has 1 aliphatic carbocycles. The Balaban J connectivity index is 1.76. The van der Waals surface area contributed by atoms with Crippen LogP contribution in [0.2, 0.25) is 0 Å². The maximum atomic E-state index is 12.2. The number of nitrogens with zero attached hydrogens (tertiary/aromatic N) is 1. The molecule has 19 heavy (non-hydrogen) atoms. The van der Waals surface area contributed by atoms with Crippen molar-refractivity contribution in [2.45, 2.75) is 45.1 Å². The highest BCUT2D eigenvalue weighted by molar-refractivity contribution is 7.18. The molecule has 1 aromatic carbocycles. The molecular weight excluding hydrogens is 256 g/mol. The van der Waals surface area contributed by atoms with Gasteiger partial charge in [0, 0.05) is 11.6 Å². The summed E-state index contributed by atoms with van der Waals surface area (Å²) in [6.07, 6.45) is 5.99. The van der Waals surface area contributed by atoms with Gasteiger partial charge in [-0.25, -0.2) is 4.98 Å². The SMILES string of the molecule is Cc1nc2cc(C(=O)NC3CCCCC3)ccc2s1. The molecule has 4 heteroatoms. The molecule has 1 saturated carbocycles. The fourth-order valence-corrected chi connectivity index (χ4v) is 3.51.